The second-order valence-corrected chi connectivity index (χ2v) is 7.84. The molecule has 0 aliphatic heterocycles. The Morgan fingerprint density at radius 2 is 2.00 bits per heavy atom. The van der Waals surface area contributed by atoms with Gasteiger partial charge in [0, 0.05) is 23.7 Å². The van der Waals surface area contributed by atoms with Crippen LogP contribution in [0.4, 0.5) is 0 Å². The Hall–Kier alpha value is -2.96. The molecule has 2 aromatic heterocycles. The van der Waals surface area contributed by atoms with Gasteiger partial charge in [-0.1, -0.05) is 24.9 Å². The predicted octanol–water partition coefficient (Wildman–Crippen LogP) is 4.42. The lowest BCUT2D eigenvalue weighted by Gasteiger charge is -2.10. The number of rotatable bonds is 6. The molecule has 0 radical (unpaired) electrons. The van der Waals surface area contributed by atoms with E-state index >= 15 is 0 Å². The van der Waals surface area contributed by atoms with Crippen LogP contribution >= 0.6 is 0 Å². The number of hydrogen-bond acceptors (Lipinski definition) is 5. The molecule has 0 unspecified atom stereocenters. The first-order valence-electron chi connectivity index (χ1n) is 10.4. The highest BCUT2D eigenvalue weighted by molar-refractivity contribution is 5.95. The van der Waals surface area contributed by atoms with E-state index in [1.165, 1.54) is 12.8 Å². The lowest BCUT2D eigenvalue weighted by atomic mass is 10.1. The number of aromatic nitrogens is 4. The van der Waals surface area contributed by atoms with Gasteiger partial charge in [0.1, 0.15) is 0 Å². The summed E-state index contributed by atoms with van der Waals surface area (Å²) in [6.07, 6.45) is 7.39. The van der Waals surface area contributed by atoms with Crippen LogP contribution in [-0.2, 0) is 0 Å². The number of carbonyl (C=O) groups is 1. The summed E-state index contributed by atoms with van der Waals surface area (Å²) in [6.45, 7) is 5.88. The number of benzene rings is 1. The zero-order chi connectivity index (χ0) is 20.4. The number of nitrogens with zero attached hydrogens (tertiary/aromatic N) is 4. The Balaban J connectivity index is 1.51. The fraction of sp³-hybridized carbons (Fsp3) is 0.455. The fourth-order valence-electron chi connectivity index (χ4n) is 3.67. The minimum atomic E-state index is -0.0917. The fourth-order valence-corrected chi connectivity index (χ4v) is 3.67. The molecule has 1 atom stereocenters. The first-order chi connectivity index (χ1) is 14.0. The van der Waals surface area contributed by atoms with Crippen molar-refractivity contribution in [2.45, 2.75) is 64.8 Å². The van der Waals surface area contributed by atoms with Gasteiger partial charge in [-0.25, -0.2) is 4.68 Å². The molecule has 3 aromatic rings. The third-order valence-electron chi connectivity index (χ3n) is 5.67. The monoisotopic (exact) mass is 393 g/mol. The van der Waals surface area contributed by atoms with Crippen molar-refractivity contribution in [3.63, 3.8) is 0 Å². The van der Waals surface area contributed by atoms with Gasteiger partial charge >= 0.3 is 0 Å². The lowest BCUT2D eigenvalue weighted by molar-refractivity contribution is 0.0938. The van der Waals surface area contributed by atoms with Gasteiger partial charge in [-0.2, -0.15) is 10.1 Å². The standard InChI is InChI=1S/C22H27N5O2/c1-4-14(2)23-21(28)19-13-27(25-15(19)3)18-11-9-16(10-12-18)20-24-22(29-26-20)17-7-5-6-8-17/h9-14,17H,4-8H2,1-3H3,(H,23,28)/t14-/m0/s1. The average Bonchev–Trinajstić information content (AvgIpc) is 3.48. The highest BCUT2D eigenvalue weighted by atomic mass is 16.5. The highest BCUT2D eigenvalue weighted by Crippen LogP contribution is 2.33. The molecule has 1 aliphatic carbocycles. The summed E-state index contributed by atoms with van der Waals surface area (Å²) in [5.41, 5.74) is 3.07. The van der Waals surface area contributed by atoms with Crippen LogP contribution in [-0.4, -0.2) is 31.9 Å². The van der Waals surface area contributed by atoms with E-state index in [1.807, 2.05) is 45.0 Å². The second kappa shape index (κ2) is 8.19. The van der Waals surface area contributed by atoms with Crippen molar-refractivity contribution in [2.75, 3.05) is 0 Å². The van der Waals surface area contributed by atoms with Crippen LogP contribution in [0.5, 0.6) is 0 Å². The van der Waals surface area contributed by atoms with Crippen LogP contribution in [0.2, 0.25) is 0 Å². The maximum Gasteiger partial charge on any atom is 0.254 e. The van der Waals surface area contributed by atoms with Crippen LogP contribution in [0.15, 0.2) is 35.0 Å². The molecule has 0 spiro atoms. The van der Waals surface area contributed by atoms with Crippen LogP contribution in [0, 0.1) is 6.92 Å². The van der Waals surface area contributed by atoms with Gasteiger partial charge in [0.15, 0.2) is 0 Å². The maximum absolute atomic E-state index is 12.4. The molecule has 152 valence electrons. The van der Waals surface area contributed by atoms with Crippen molar-refractivity contribution in [1.29, 1.82) is 0 Å². The number of hydrogen-bond donors (Lipinski definition) is 1. The van der Waals surface area contributed by atoms with Gasteiger partial charge in [-0.05, 0) is 57.4 Å². The highest BCUT2D eigenvalue weighted by Gasteiger charge is 2.23. The van der Waals surface area contributed by atoms with E-state index in [0.717, 1.165) is 36.4 Å². The van der Waals surface area contributed by atoms with Crippen LogP contribution in [0.1, 0.15) is 73.8 Å². The summed E-state index contributed by atoms with van der Waals surface area (Å²) in [5, 5.41) is 11.6. The normalized spacial score (nSPS) is 15.6. The molecular weight excluding hydrogens is 366 g/mol. The Bertz CT molecular complexity index is 983. The smallest absolute Gasteiger partial charge is 0.254 e. The second-order valence-electron chi connectivity index (χ2n) is 7.84. The van der Waals surface area contributed by atoms with Crippen LogP contribution in [0.25, 0.3) is 17.1 Å². The summed E-state index contributed by atoms with van der Waals surface area (Å²) in [5.74, 6) is 1.68. The van der Waals surface area contributed by atoms with Crippen molar-refractivity contribution < 1.29 is 9.32 Å². The summed E-state index contributed by atoms with van der Waals surface area (Å²) in [4.78, 5) is 17.0. The third kappa shape index (κ3) is 4.09. The number of carbonyl (C=O) groups excluding carboxylic acids is 1. The van der Waals surface area contributed by atoms with Crippen LogP contribution in [0.3, 0.4) is 0 Å². The van der Waals surface area contributed by atoms with E-state index in [-0.39, 0.29) is 11.9 Å². The van der Waals surface area contributed by atoms with Gasteiger partial charge in [0.05, 0.1) is 16.9 Å². The minimum absolute atomic E-state index is 0.0917. The van der Waals surface area contributed by atoms with Crippen molar-refractivity contribution >= 4 is 5.91 Å². The van der Waals surface area contributed by atoms with Gasteiger partial charge < -0.3 is 9.84 Å². The molecule has 1 saturated carbocycles. The molecule has 0 bridgehead atoms. The molecule has 29 heavy (non-hydrogen) atoms. The van der Waals surface area contributed by atoms with E-state index in [4.69, 9.17) is 4.52 Å². The SMILES string of the molecule is CC[C@H](C)NC(=O)c1cn(-c2ccc(-c3noc(C4CCCC4)n3)cc2)nc1C. The molecule has 1 fully saturated rings. The van der Waals surface area contributed by atoms with E-state index in [0.29, 0.717) is 23.0 Å². The molecule has 1 N–H and O–H groups in total. The Morgan fingerprint density at radius 3 is 2.69 bits per heavy atom. The summed E-state index contributed by atoms with van der Waals surface area (Å²) < 4.78 is 7.21. The largest absolute Gasteiger partial charge is 0.349 e. The third-order valence-corrected chi connectivity index (χ3v) is 5.67. The molecule has 4 rings (SSSR count). The van der Waals surface area contributed by atoms with Gasteiger partial charge in [0.2, 0.25) is 11.7 Å². The van der Waals surface area contributed by atoms with Crippen molar-refractivity contribution in [1.82, 2.24) is 25.2 Å². The van der Waals surface area contributed by atoms with Crippen LogP contribution < -0.4 is 5.32 Å². The summed E-state index contributed by atoms with van der Waals surface area (Å²) in [6, 6.07) is 7.94. The molecule has 7 heteroatoms. The molecule has 0 saturated heterocycles. The Labute approximate surface area is 170 Å². The molecule has 1 aromatic carbocycles. The van der Waals surface area contributed by atoms with E-state index < -0.39 is 0 Å². The lowest BCUT2D eigenvalue weighted by Crippen LogP contribution is -2.32. The van der Waals surface area contributed by atoms with Crippen molar-refractivity contribution in [2.24, 2.45) is 0 Å². The molecular formula is C22H27N5O2. The van der Waals surface area contributed by atoms with E-state index in [1.54, 1.807) is 10.9 Å². The van der Waals surface area contributed by atoms with Gasteiger partial charge in [0.25, 0.3) is 5.91 Å². The number of amides is 1. The predicted molar refractivity (Wildman–Crippen MR) is 110 cm³/mol. The van der Waals surface area contributed by atoms with E-state index in [2.05, 4.69) is 20.6 Å². The molecule has 1 aliphatic rings. The topological polar surface area (TPSA) is 85.8 Å². The van der Waals surface area contributed by atoms with Gasteiger partial charge in [-0.15, -0.1) is 0 Å². The molecule has 1 amide bonds. The maximum atomic E-state index is 12.4. The first-order valence-corrected chi connectivity index (χ1v) is 10.4. The van der Waals surface area contributed by atoms with Crippen molar-refractivity contribution in [3.8, 4) is 17.1 Å². The Kier molecular flexibility index (Phi) is 5.47. The summed E-state index contributed by atoms with van der Waals surface area (Å²) >= 11 is 0. The zero-order valence-electron chi connectivity index (χ0n) is 17.2. The molecule has 2 heterocycles. The first kappa shape index (κ1) is 19.4. The summed E-state index contributed by atoms with van der Waals surface area (Å²) in [7, 11) is 0. The zero-order valence-corrected chi connectivity index (χ0v) is 17.2. The van der Waals surface area contributed by atoms with E-state index in [9.17, 15) is 4.79 Å². The number of aryl methyl sites for hydroxylation is 1. The molecule has 7 nitrogen and oxygen atoms in total. The number of nitrogens with one attached hydrogen (secondary N) is 1. The Morgan fingerprint density at radius 1 is 1.28 bits per heavy atom. The average molecular weight is 393 g/mol. The van der Waals surface area contributed by atoms with Crippen molar-refractivity contribution in [3.05, 3.63) is 47.6 Å². The quantitative estimate of drug-likeness (QED) is 0.670. The van der Waals surface area contributed by atoms with Gasteiger partial charge in [-0.3, -0.25) is 4.79 Å². The minimum Gasteiger partial charge on any atom is -0.349 e.